The lowest BCUT2D eigenvalue weighted by molar-refractivity contribution is -0.132. The number of aryl methyl sites for hydroxylation is 1. The molecule has 1 amide bonds. The minimum Gasteiger partial charge on any atom is -0.497 e. The van der Waals surface area contributed by atoms with Gasteiger partial charge >= 0.3 is 0 Å². The number of carbonyl (C=O) groups is 1. The molecule has 1 aliphatic heterocycles. The van der Waals surface area contributed by atoms with E-state index in [0.717, 1.165) is 48.8 Å². The highest BCUT2D eigenvalue weighted by molar-refractivity contribution is 7.71. The van der Waals surface area contributed by atoms with Crippen molar-refractivity contribution in [1.82, 2.24) is 19.7 Å². The average molecular weight is 457 g/mol. The van der Waals surface area contributed by atoms with Crippen LogP contribution in [0, 0.1) is 10.7 Å². The normalized spacial score (nSPS) is 14.7. The number of aromatic amines is 1. The van der Waals surface area contributed by atoms with E-state index in [2.05, 4.69) is 22.3 Å². The SMILES string of the molecule is COc1ccc(CCC2CCN(C(=O)CCn3c(-c4cccs4)n[nH]c3=S)CC2)cc1. The highest BCUT2D eigenvalue weighted by Gasteiger charge is 2.23. The molecule has 1 aromatic carbocycles. The van der Waals surface area contributed by atoms with Gasteiger partial charge < -0.3 is 9.64 Å². The maximum absolute atomic E-state index is 12.8. The molecule has 0 saturated carbocycles. The van der Waals surface area contributed by atoms with Crippen molar-refractivity contribution in [2.75, 3.05) is 20.2 Å². The van der Waals surface area contributed by atoms with Gasteiger partial charge in [0.05, 0.1) is 12.0 Å². The average Bonchev–Trinajstić information content (AvgIpc) is 3.46. The summed E-state index contributed by atoms with van der Waals surface area (Å²) in [6.07, 6.45) is 4.85. The van der Waals surface area contributed by atoms with Crippen molar-refractivity contribution in [2.45, 2.75) is 38.6 Å². The summed E-state index contributed by atoms with van der Waals surface area (Å²) >= 11 is 6.99. The Morgan fingerprint density at radius 1 is 1.26 bits per heavy atom. The minimum atomic E-state index is 0.203. The van der Waals surface area contributed by atoms with Gasteiger partial charge in [-0.1, -0.05) is 18.2 Å². The number of hydrogen-bond donors (Lipinski definition) is 1. The van der Waals surface area contributed by atoms with E-state index in [1.54, 1.807) is 18.4 Å². The molecule has 4 rings (SSSR count). The summed E-state index contributed by atoms with van der Waals surface area (Å²) in [5.74, 6) is 2.59. The van der Waals surface area contributed by atoms with Crippen molar-refractivity contribution >= 4 is 29.5 Å². The third-order valence-corrected chi connectivity index (χ3v) is 7.19. The minimum absolute atomic E-state index is 0.203. The first kappa shape index (κ1) is 21.8. The summed E-state index contributed by atoms with van der Waals surface area (Å²) in [7, 11) is 1.69. The number of rotatable bonds is 8. The number of piperidine rings is 1. The summed E-state index contributed by atoms with van der Waals surface area (Å²) in [4.78, 5) is 15.9. The van der Waals surface area contributed by atoms with Crippen LogP contribution in [0.3, 0.4) is 0 Å². The predicted octanol–water partition coefficient (Wildman–Crippen LogP) is 4.94. The predicted molar refractivity (Wildman–Crippen MR) is 126 cm³/mol. The Balaban J connectivity index is 1.23. The molecule has 31 heavy (non-hydrogen) atoms. The fraction of sp³-hybridized carbons (Fsp3) is 0.435. The van der Waals surface area contributed by atoms with Gasteiger partial charge in [-0.05, 0) is 73.0 Å². The monoisotopic (exact) mass is 456 g/mol. The molecule has 3 aromatic rings. The van der Waals surface area contributed by atoms with E-state index in [-0.39, 0.29) is 5.91 Å². The van der Waals surface area contributed by atoms with Crippen molar-refractivity contribution in [3.8, 4) is 16.5 Å². The second kappa shape index (κ2) is 10.2. The topological polar surface area (TPSA) is 63.1 Å². The summed E-state index contributed by atoms with van der Waals surface area (Å²) in [6, 6.07) is 12.3. The van der Waals surface area contributed by atoms with E-state index in [1.807, 2.05) is 39.1 Å². The van der Waals surface area contributed by atoms with Crippen LogP contribution in [0.4, 0.5) is 0 Å². The number of thiophene rings is 1. The fourth-order valence-corrected chi connectivity index (χ4v) is 5.06. The van der Waals surface area contributed by atoms with Gasteiger partial charge in [-0.25, -0.2) is 0 Å². The van der Waals surface area contributed by atoms with Crippen molar-refractivity contribution in [3.63, 3.8) is 0 Å². The molecule has 164 valence electrons. The van der Waals surface area contributed by atoms with Gasteiger partial charge in [0.2, 0.25) is 5.91 Å². The van der Waals surface area contributed by atoms with E-state index >= 15 is 0 Å². The molecule has 0 atom stereocenters. The van der Waals surface area contributed by atoms with Crippen LogP contribution >= 0.6 is 23.6 Å². The summed E-state index contributed by atoms with van der Waals surface area (Å²) in [5.41, 5.74) is 1.35. The standard InChI is InChI=1S/C23H28N4O2S2/c1-29-19-8-6-17(7-9-19)4-5-18-10-13-26(14-11-18)21(28)12-15-27-22(24-25-23(27)30)20-3-2-16-31-20/h2-3,6-9,16,18H,4-5,10-15H2,1H3,(H,25,30). The summed E-state index contributed by atoms with van der Waals surface area (Å²) < 4.78 is 7.72. The largest absolute Gasteiger partial charge is 0.497 e. The quantitative estimate of drug-likeness (QED) is 0.488. The van der Waals surface area contributed by atoms with Crippen LogP contribution in [-0.2, 0) is 17.8 Å². The highest BCUT2D eigenvalue weighted by Crippen LogP contribution is 2.25. The third kappa shape index (κ3) is 5.43. The Morgan fingerprint density at radius 2 is 2.03 bits per heavy atom. The van der Waals surface area contributed by atoms with Crippen LogP contribution < -0.4 is 4.74 Å². The molecule has 3 heterocycles. The number of hydrogen-bond acceptors (Lipinski definition) is 5. The van der Waals surface area contributed by atoms with E-state index < -0.39 is 0 Å². The van der Waals surface area contributed by atoms with Crippen LogP contribution in [0.2, 0.25) is 0 Å². The number of H-pyrrole nitrogens is 1. The highest BCUT2D eigenvalue weighted by atomic mass is 32.1. The third-order valence-electron chi connectivity index (χ3n) is 6.02. The molecule has 0 aliphatic carbocycles. The first-order chi connectivity index (χ1) is 15.1. The lowest BCUT2D eigenvalue weighted by atomic mass is 9.90. The number of nitrogens with one attached hydrogen (secondary N) is 1. The van der Waals surface area contributed by atoms with Gasteiger partial charge in [-0.3, -0.25) is 14.5 Å². The molecule has 1 fully saturated rings. The molecule has 2 aromatic heterocycles. The Bertz CT molecular complexity index is 1030. The smallest absolute Gasteiger partial charge is 0.224 e. The number of nitrogens with zero attached hydrogens (tertiary/aromatic N) is 3. The van der Waals surface area contributed by atoms with Crippen LogP contribution in [-0.4, -0.2) is 45.8 Å². The zero-order valence-electron chi connectivity index (χ0n) is 17.8. The van der Waals surface area contributed by atoms with Crippen LogP contribution in [0.25, 0.3) is 10.7 Å². The van der Waals surface area contributed by atoms with E-state index in [4.69, 9.17) is 17.0 Å². The van der Waals surface area contributed by atoms with Gasteiger partial charge in [-0.15, -0.1) is 11.3 Å². The van der Waals surface area contributed by atoms with E-state index in [9.17, 15) is 4.79 Å². The summed E-state index contributed by atoms with van der Waals surface area (Å²) in [6.45, 7) is 2.25. The molecular formula is C23H28N4O2S2. The van der Waals surface area contributed by atoms with Gasteiger partial charge in [-0.2, -0.15) is 5.10 Å². The molecule has 0 unspecified atom stereocenters. The number of amides is 1. The molecular weight excluding hydrogens is 428 g/mol. The number of methoxy groups -OCH3 is 1. The van der Waals surface area contributed by atoms with Crippen molar-refractivity contribution in [2.24, 2.45) is 5.92 Å². The first-order valence-corrected chi connectivity index (χ1v) is 12.0. The van der Waals surface area contributed by atoms with Gasteiger partial charge in [0, 0.05) is 26.1 Å². The Labute approximate surface area is 191 Å². The van der Waals surface area contributed by atoms with E-state index in [1.165, 1.54) is 12.0 Å². The molecule has 0 bridgehead atoms. The lowest BCUT2D eigenvalue weighted by Crippen LogP contribution is -2.38. The first-order valence-electron chi connectivity index (χ1n) is 10.7. The summed E-state index contributed by atoms with van der Waals surface area (Å²) in [5, 5.41) is 9.21. The van der Waals surface area contributed by atoms with Gasteiger partial charge in [0.15, 0.2) is 10.6 Å². The van der Waals surface area contributed by atoms with Crippen LogP contribution in [0.15, 0.2) is 41.8 Å². The maximum Gasteiger partial charge on any atom is 0.224 e. The number of aromatic nitrogens is 3. The maximum atomic E-state index is 12.8. The molecule has 6 nitrogen and oxygen atoms in total. The van der Waals surface area contributed by atoms with Crippen molar-refractivity contribution in [1.29, 1.82) is 0 Å². The number of carbonyl (C=O) groups excluding carboxylic acids is 1. The fourth-order valence-electron chi connectivity index (χ4n) is 4.12. The molecule has 8 heteroatoms. The zero-order chi connectivity index (χ0) is 21.6. The molecule has 1 aliphatic rings. The Morgan fingerprint density at radius 3 is 2.71 bits per heavy atom. The molecule has 1 N–H and O–H groups in total. The van der Waals surface area contributed by atoms with Gasteiger partial charge in [0.25, 0.3) is 0 Å². The molecule has 1 saturated heterocycles. The molecule has 0 spiro atoms. The second-order valence-corrected chi connectivity index (χ2v) is 9.28. The van der Waals surface area contributed by atoms with E-state index in [0.29, 0.717) is 23.7 Å². The van der Waals surface area contributed by atoms with Crippen LogP contribution in [0.5, 0.6) is 5.75 Å². The van der Waals surface area contributed by atoms with Crippen LogP contribution in [0.1, 0.15) is 31.2 Å². The zero-order valence-corrected chi connectivity index (χ0v) is 19.4. The van der Waals surface area contributed by atoms with Crippen molar-refractivity contribution in [3.05, 3.63) is 52.1 Å². The number of benzene rings is 1. The number of ether oxygens (including phenoxy) is 1. The van der Waals surface area contributed by atoms with Gasteiger partial charge in [0.1, 0.15) is 5.75 Å². The lowest BCUT2D eigenvalue weighted by Gasteiger charge is -2.32. The Kier molecular flexibility index (Phi) is 7.19. The second-order valence-electron chi connectivity index (χ2n) is 7.94. The van der Waals surface area contributed by atoms with Crippen molar-refractivity contribution < 1.29 is 9.53 Å². The molecule has 0 radical (unpaired) electrons. The Hall–Kier alpha value is -2.45. The number of likely N-dealkylation sites (tertiary alicyclic amines) is 1.